The Balaban J connectivity index is 0.00000364. The van der Waals surface area contributed by atoms with E-state index in [-0.39, 0.29) is 29.9 Å². The third-order valence-corrected chi connectivity index (χ3v) is 6.40. The SMILES string of the molecule is CCN(CC)S(=O)(=O)c1ccc(C(C)NCc2ccc(F)cc2F)cc1.Cl. The van der Waals surface area contributed by atoms with Crippen molar-refractivity contribution in [3.8, 4) is 0 Å². The number of rotatable bonds is 8. The molecule has 1 atom stereocenters. The van der Waals surface area contributed by atoms with E-state index < -0.39 is 21.7 Å². The van der Waals surface area contributed by atoms with Crippen LogP contribution < -0.4 is 5.32 Å². The molecule has 150 valence electrons. The number of benzene rings is 2. The van der Waals surface area contributed by atoms with Crippen LogP contribution in [-0.2, 0) is 16.6 Å². The van der Waals surface area contributed by atoms with Crippen LogP contribution in [0.5, 0.6) is 0 Å². The maximum absolute atomic E-state index is 13.7. The van der Waals surface area contributed by atoms with Gasteiger partial charge in [0.2, 0.25) is 10.0 Å². The van der Waals surface area contributed by atoms with E-state index in [2.05, 4.69) is 5.32 Å². The highest BCUT2D eigenvalue weighted by Gasteiger charge is 2.21. The number of sulfonamides is 1. The van der Waals surface area contributed by atoms with Crippen LogP contribution in [0.25, 0.3) is 0 Å². The number of hydrogen-bond acceptors (Lipinski definition) is 3. The van der Waals surface area contributed by atoms with E-state index in [0.29, 0.717) is 18.7 Å². The van der Waals surface area contributed by atoms with Crippen LogP contribution in [0.3, 0.4) is 0 Å². The Hall–Kier alpha value is -1.54. The summed E-state index contributed by atoms with van der Waals surface area (Å²) >= 11 is 0. The zero-order chi connectivity index (χ0) is 19.3. The number of halogens is 3. The van der Waals surface area contributed by atoms with Gasteiger partial charge in [0.25, 0.3) is 0 Å². The van der Waals surface area contributed by atoms with Gasteiger partial charge in [-0.3, -0.25) is 0 Å². The van der Waals surface area contributed by atoms with Crippen LogP contribution in [0.1, 0.15) is 37.9 Å². The molecule has 2 aromatic carbocycles. The summed E-state index contributed by atoms with van der Waals surface area (Å²) in [4.78, 5) is 0.252. The minimum absolute atomic E-state index is 0. The summed E-state index contributed by atoms with van der Waals surface area (Å²) in [5.41, 5.74) is 1.25. The molecule has 0 saturated carbocycles. The molecule has 0 bridgehead atoms. The van der Waals surface area contributed by atoms with Gasteiger partial charge in [0.15, 0.2) is 0 Å². The smallest absolute Gasteiger partial charge is 0.243 e. The van der Waals surface area contributed by atoms with Crippen LogP contribution in [0.2, 0.25) is 0 Å². The summed E-state index contributed by atoms with van der Waals surface area (Å²) < 4.78 is 53.0. The van der Waals surface area contributed by atoms with Crippen molar-refractivity contribution in [3.63, 3.8) is 0 Å². The first-order chi connectivity index (χ1) is 12.3. The quantitative estimate of drug-likeness (QED) is 0.696. The minimum atomic E-state index is -3.48. The molecule has 8 heteroatoms. The fourth-order valence-electron chi connectivity index (χ4n) is 2.69. The Bertz CT molecular complexity index is 841. The van der Waals surface area contributed by atoms with Gasteiger partial charge in [-0.25, -0.2) is 17.2 Å². The first-order valence-corrected chi connectivity index (χ1v) is 10.0. The summed E-state index contributed by atoms with van der Waals surface area (Å²) in [5.74, 6) is -1.20. The average molecular weight is 419 g/mol. The Kier molecular flexibility index (Phi) is 8.81. The molecule has 0 heterocycles. The van der Waals surface area contributed by atoms with Crippen molar-refractivity contribution in [2.75, 3.05) is 13.1 Å². The van der Waals surface area contributed by atoms with Crippen molar-refractivity contribution in [2.45, 2.75) is 38.3 Å². The number of nitrogens with one attached hydrogen (secondary N) is 1. The van der Waals surface area contributed by atoms with Gasteiger partial charge in [0.05, 0.1) is 4.90 Å². The van der Waals surface area contributed by atoms with Crippen LogP contribution in [0.4, 0.5) is 8.78 Å². The van der Waals surface area contributed by atoms with Crippen molar-refractivity contribution in [1.82, 2.24) is 9.62 Å². The first kappa shape index (κ1) is 23.5. The van der Waals surface area contributed by atoms with E-state index in [9.17, 15) is 17.2 Å². The fourth-order valence-corrected chi connectivity index (χ4v) is 4.15. The lowest BCUT2D eigenvalue weighted by Crippen LogP contribution is -2.30. The second-order valence-electron chi connectivity index (χ2n) is 6.00. The van der Waals surface area contributed by atoms with Crippen LogP contribution >= 0.6 is 12.4 Å². The van der Waals surface area contributed by atoms with Gasteiger partial charge in [0, 0.05) is 37.3 Å². The molecule has 0 saturated heterocycles. The molecule has 0 radical (unpaired) electrons. The van der Waals surface area contributed by atoms with Gasteiger partial charge in [-0.15, -0.1) is 12.4 Å². The maximum Gasteiger partial charge on any atom is 0.243 e. The highest BCUT2D eigenvalue weighted by atomic mass is 35.5. The van der Waals surface area contributed by atoms with E-state index in [1.165, 1.54) is 16.4 Å². The molecule has 2 aromatic rings. The lowest BCUT2D eigenvalue weighted by atomic mass is 10.1. The molecular weight excluding hydrogens is 394 g/mol. The fraction of sp³-hybridized carbons (Fsp3) is 0.368. The Morgan fingerprint density at radius 2 is 1.63 bits per heavy atom. The summed E-state index contributed by atoms with van der Waals surface area (Å²) in [6.45, 7) is 6.58. The van der Waals surface area contributed by atoms with E-state index in [0.717, 1.165) is 11.6 Å². The standard InChI is InChI=1S/C19H24F2N2O2S.ClH/c1-4-23(5-2)26(24,25)18-10-7-15(8-11-18)14(3)22-13-16-6-9-17(20)12-19(16)21;/h6-12,14,22H,4-5,13H2,1-3H3;1H. The molecule has 0 aliphatic carbocycles. The second kappa shape index (κ2) is 10.1. The summed E-state index contributed by atoms with van der Waals surface area (Å²) in [6.07, 6.45) is 0. The lowest BCUT2D eigenvalue weighted by Gasteiger charge is -2.19. The third kappa shape index (κ3) is 5.72. The molecule has 0 aromatic heterocycles. The average Bonchev–Trinajstić information content (AvgIpc) is 2.61. The summed E-state index contributed by atoms with van der Waals surface area (Å²) in [6, 6.07) is 10.0. The molecule has 4 nitrogen and oxygen atoms in total. The Morgan fingerprint density at radius 1 is 1.04 bits per heavy atom. The van der Waals surface area contributed by atoms with Crippen molar-refractivity contribution >= 4 is 22.4 Å². The van der Waals surface area contributed by atoms with E-state index in [1.807, 2.05) is 6.92 Å². The predicted octanol–water partition coefficient (Wildman–Crippen LogP) is 4.27. The minimum Gasteiger partial charge on any atom is -0.306 e. The summed E-state index contributed by atoms with van der Waals surface area (Å²) in [5, 5.41) is 3.16. The van der Waals surface area contributed by atoms with Gasteiger partial charge < -0.3 is 5.32 Å². The Labute approximate surface area is 166 Å². The molecule has 0 aliphatic heterocycles. The molecular formula is C19H25ClF2N2O2S. The Morgan fingerprint density at radius 3 is 2.15 bits per heavy atom. The van der Waals surface area contributed by atoms with E-state index >= 15 is 0 Å². The molecule has 1 unspecified atom stereocenters. The zero-order valence-corrected chi connectivity index (χ0v) is 17.2. The topological polar surface area (TPSA) is 49.4 Å². The second-order valence-corrected chi connectivity index (χ2v) is 7.93. The molecule has 27 heavy (non-hydrogen) atoms. The van der Waals surface area contributed by atoms with Gasteiger partial charge in [-0.2, -0.15) is 4.31 Å². The normalized spacial score (nSPS) is 12.7. The van der Waals surface area contributed by atoms with E-state index in [1.54, 1.807) is 38.1 Å². The van der Waals surface area contributed by atoms with Gasteiger partial charge in [-0.1, -0.05) is 32.0 Å². The first-order valence-electron chi connectivity index (χ1n) is 8.57. The predicted molar refractivity (Wildman–Crippen MR) is 105 cm³/mol. The van der Waals surface area contributed by atoms with E-state index in [4.69, 9.17) is 0 Å². The molecule has 0 spiro atoms. The zero-order valence-electron chi connectivity index (χ0n) is 15.6. The maximum atomic E-state index is 13.7. The number of hydrogen-bond donors (Lipinski definition) is 1. The van der Waals surface area contributed by atoms with Gasteiger partial charge >= 0.3 is 0 Å². The monoisotopic (exact) mass is 418 g/mol. The van der Waals surface area contributed by atoms with Crippen LogP contribution in [0, 0.1) is 11.6 Å². The molecule has 2 rings (SSSR count). The highest BCUT2D eigenvalue weighted by molar-refractivity contribution is 7.89. The van der Waals surface area contributed by atoms with Gasteiger partial charge in [0.1, 0.15) is 11.6 Å². The van der Waals surface area contributed by atoms with Crippen LogP contribution in [-0.4, -0.2) is 25.8 Å². The lowest BCUT2D eigenvalue weighted by molar-refractivity contribution is 0.445. The van der Waals surface area contributed by atoms with Crippen LogP contribution in [0.15, 0.2) is 47.4 Å². The van der Waals surface area contributed by atoms with Crippen molar-refractivity contribution in [1.29, 1.82) is 0 Å². The third-order valence-electron chi connectivity index (χ3n) is 4.34. The molecule has 0 aliphatic rings. The molecule has 0 fully saturated rings. The van der Waals surface area contributed by atoms with Crippen molar-refractivity contribution < 1.29 is 17.2 Å². The van der Waals surface area contributed by atoms with Crippen molar-refractivity contribution in [3.05, 3.63) is 65.2 Å². The largest absolute Gasteiger partial charge is 0.306 e. The molecule has 0 amide bonds. The molecule has 1 N–H and O–H groups in total. The number of nitrogens with zero attached hydrogens (tertiary/aromatic N) is 1. The highest BCUT2D eigenvalue weighted by Crippen LogP contribution is 2.20. The van der Waals surface area contributed by atoms with Crippen molar-refractivity contribution in [2.24, 2.45) is 0 Å². The van der Waals surface area contributed by atoms with Gasteiger partial charge in [-0.05, 0) is 30.7 Å². The summed E-state index contributed by atoms with van der Waals surface area (Å²) in [7, 11) is -3.48.